The van der Waals surface area contributed by atoms with Gasteiger partial charge in [0, 0.05) is 30.1 Å². The molecule has 2 aromatic rings. The van der Waals surface area contributed by atoms with Crippen molar-refractivity contribution in [1.82, 2.24) is 14.8 Å². The summed E-state index contributed by atoms with van der Waals surface area (Å²) in [6, 6.07) is 2.01. The van der Waals surface area contributed by atoms with Gasteiger partial charge >= 0.3 is 0 Å². The van der Waals surface area contributed by atoms with Crippen LogP contribution in [0.15, 0.2) is 18.5 Å². The van der Waals surface area contributed by atoms with E-state index in [9.17, 15) is 5.11 Å². The third-order valence-corrected chi connectivity index (χ3v) is 3.69. The van der Waals surface area contributed by atoms with Crippen molar-refractivity contribution < 1.29 is 5.11 Å². The van der Waals surface area contributed by atoms with E-state index in [2.05, 4.69) is 10.1 Å². The molecule has 5 nitrogen and oxygen atoms in total. The third-order valence-electron chi connectivity index (χ3n) is 3.69. The fraction of sp³-hybridized carbons (Fsp3) is 0.429. The van der Waals surface area contributed by atoms with Gasteiger partial charge in [-0.1, -0.05) is 0 Å². The summed E-state index contributed by atoms with van der Waals surface area (Å²) in [6.45, 7) is 1.43. The number of fused-ring (bicyclic) bond motifs is 3. The molecule has 2 aromatic heterocycles. The van der Waals surface area contributed by atoms with Crippen LogP contribution in [0.25, 0.3) is 11.3 Å². The standard InChI is InChI=1S/C14H18N4O/c15-5-1-7-18-13(9-19)12-3-2-10-8-16-6-4-11(10)14(12)17-18/h4,6,8,19H,1-3,5,7,9,15H2. The van der Waals surface area contributed by atoms with E-state index in [1.54, 1.807) is 6.20 Å². The highest BCUT2D eigenvalue weighted by atomic mass is 16.3. The van der Waals surface area contributed by atoms with Gasteiger partial charge in [-0.25, -0.2) is 0 Å². The van der Waals surface area contributed by atoms with Crippen LogP contribution in [0.2, 0.25) is 0 Å². The van der Waals surface area contributed by atoms with Crippen molar-refractivity contribution in [3.8, 4) is 11.3 Å². The molecule has 0 aromatic carbocycles. The predicted molar refractivity (Wildman–Crippen MR) is 72.5 cm³/mol. The van der Waals surface area contributed by atoms with Gasteiger partial charge in [0.15, 0.2) is 0 Å². The molecule has 19 heavy (non-hydrogen) atoms. The smallest absolute Gasteiger partial charge is 0.0962 e. The van der Waals surface area contributed by atoms with Crippen LogP contribution in [0.1, 0.15) is 23.2 Å². The van der Waals surface area contributed by atoms with Gasteiger partial charge in [-0.05, 0) is 37.4 Å². The first-order valence-electron chi connectivity index (χ1n) is 6.68. The Morgan fingerprint density at radius 3 is 3.05 bits per heavy atom. The molecule has 0 unspecified atom stereocenters. The Bertz CT molecular complexity index is 591. The minimum absolute atomic E-state index is 0.0350. The SMILES string of the molecule is NCCCn1nc2c(c1CO)CCc1cnccc1-2. The summed E-state index contributed by atoms with van der Waals surface area (Å²) in [5.74, 6) is 0. The van der Waals surface area contributed by atoms with E-state index in [4.69, 9.17) is 5.73 Å². The molecule has 0 fully saturated rings. The summed E-state index contributed by atoms with van der Waals surface area (Å²) in [7, 11) is 0. The molecule has 1 aliphatic rings. The third kappa shape index (κ3) is 2.05. The minimum atomic E-state index is 0.0350. The fourth-order valence-corrected chi connectivity index (χ4v) is 2.73. The highest BCUT2D eigenvalue weighted by Gasteiger charge is 2.23. The Kier molecular flexibility index (Phi) is 3.31. The van der Waals surface area contributed by atoms with Gasteiger partial charge in [-0.2, -0.15) is 5.10 Å². The summed E-state index contributed by atoms with van der Waals surface area (Å²) in [5.41, 5.74) is 11.1. The first-order valence-corrected chi connectivity index (χ1v) is 6.68. The molecule has 0 spiro atoms. The van der Waals surface area contributed by atoms with Crippen molar-refractivity contribution in [3.63, 3.8) is 0 Å². The second-order valence-corrected chi connectivity index (χ2v) is 4.83. The number of nitrogens with two attached hydrogens (primary N) is 1. The van der Waals surface area contributed by atoms with Gasteiger partial charge in [0.1, 0.15) is 0 Å². The van der Waals surface area contributed by atoms with Crippen LogP contribution in [-0.4, -0.2) is 26.4 Å². The summed E-state index contributed by atoms with van der Waals surface area (Å²) < 4.78 is 1.91. The maximum atomic E-state index is 9.61. The molecule has 0 saturated heterocycles. The number of aliphatic hydroxyl groups is 1. The number of hydrogen-bond acceptors (Lipinski definition) is 4. The van der Waals surface area contributed by atoms with Gasteiger partial charge in [0.05, 0.1) is 18.0 Å². The number of aliphatic hydroxyl groups excluding tert-OH is 1. The van der Waals surface area contributed by atoms with Gasteiger partial charge in [-0.3, -0.25) is 9.67 Å². The maximum Gasteiger partial charge on any atom is 0.0962 e. The predicted octanol–water partition coefficient (Wildman–Crippen LogP) is 0.885. The average molecular weight is 258 g/mol. The summed E-state index contributed by atoms with van der Waals surface area (Å²) >= 11 is 0. The van der Waals surface area contributed by atoms with Crippen LogP contribution in [0.4, 0.5) is 0 Å². The number of aryl methyl sites for hydroxylation is 2. The van der Waals surface area contributed by atoms with Crippen LogP contribution in [0.3, 0.4) is 0 Å². The van der Waals surface area contributed by atoms with Crippen molar-refractivity contribution in [2.75, 3.05) is 6.54 Å². The van der Waals surface area contributed by atoms with E-state index in [-0.39, 0.29) is 6.61 Å². The van der Waals surface area contributed by atoms with Crippen molar-refractivity contribution in [2.45, 2.75) is 32.4 Å². The van der Waals surface area contributed by atoms with E-state index in [0.29, 0.717) is 6.54 Å². The lowest BCUT2D eigenvalue weighted by atomic mass is 9.90. The summed E-state index contributed by atoms with van der Waals surface area (Å²) in [6.07, 6.45) is 6.47. The molecule has 0 amide bonds. The lowest BCUT2D eigenvalue weighted by molar-refractivity contribution is 0.266. The molecular formula is C14H18N4O. The maximum absolute atomic E-state index is 9.61. The minimum Gasteiger partial charge on any atom is -0.390 e. The topological polar surface area (TPSA) is 77.0 Å². The van der Waals surface area contributed by atoms with Crippen LogP contribution in [0, 0.1) is 0 Å². The second kappa shape index (κ2) is 5.11. The molecule has 0 bridgehead atoms. The Morgan fingerprint density at radius 2 is 2.26 bits per heavy atom. The second-order valence-electron chi connectivity index (χ2n) is 4.83. The molecule has 0 aliphatic heterocycles. The van der Waals surface area contributed by atoms with Gasteiger partial charge in [0.25, 0.3) is 0 Å². The van der Waals surface area contributed by atoms with Crippen LogP contribution < -0.4 is 5.73 Å². The first kappa shape index (κ1) is 12.3. The molecule has 5 heteroatoms. The van der Waals surface area contributed by atoms with Crippen molar-refractivity contribution >= 4 is 0 Å². The lowest BCUT2D eigenvalue weighted by Crippen LogP contribution is -2.10. The quantitative estimate of drug-likeness (QED) is 0.853. The van der Waals surface area contributed by atoms with Crippen LogP contribution >= 0.6 is 0 Å². The van der Waals surface area contributed by atoms with E-state index in [0.717, 1.165) is 42.8 Å². The number of nitrogens with zero attached hydrogens (tertiary/aromatic N) is 3. The molecule has 1 aliphatic carbocycles. The highest BCUT2D eigenvalue weighted by molar-refractivity contribution is 5.69. The zero-order chi connectivity index (χ0) is 13.2. The monoisotopic (exact) mass is 258 g/mol. The molecule has 3 N–H and O–H groups in total. The molecule has 0 atom stereocenters. The Labute approximate surface area is 112 Å². The van der Waals surface area contributed by atoms with Gasteiger partial charge in [-0.15, -0.1) is 0 Å². The van der Waals surface area contributed by atoms with E-state index >= 15 is 0 Å². The molecule has 0 saturated carbocycles. The van der Waals surface area contributed by atoms with Crippen molar-refractivity contribution in [2.24, 2.45) is 5.73 Å². The highest BCUT2D eigenvalue weighted by Crippen LogP contribution is 2.34. The summed E-state index contributed by atoms with van der Waals surface area (Å²) in [4.78, 5) is 4.17. The molecule has 3 rings (SSSR count). The van der Waals surface area contributed by atoms with Crippen molar-refractivity contribution in [1.29, 1.82) is 0 Å². The zero-order valence-corrected chi connectivity index (χ0v) is 10.8. The Morgan fingerprint density at radius 1 is 1.37 bits per heavy atom. The normalized spacial score (nSPS) is 13.2. The molecular weight excluding hydrogens is 240 g/mol. The largest absolute Gasteiger partial charge is 0.390 e. The van der Waals surface area contributed by atoms with Crippen LogP contribution in [0.5, 0.6) is 0 Å². The van der Waals surface area contributed by atoms with Crippen molar-refractivity contribution in [3.05, 3.63) is 35.3 Å². The zero-order valence-electron chi connectivity index (χ0n) is 10.8. The van der Waals surface area contributed by atoms with E-state index in [1.165, 1.54) is 11.1 Å². The molecule has 100 valence electrons. The number of hydrogen-bond donors (Lipinski definition) is 2. The van der Waals surface area contributed by atoms with E-state index in [1.807, 2.05) is 16.9 Å². The number of aromatic nitrogens is 3. The first-order chi connectivity index (χ1) is 9.35. The number of pyridine rings is 1. The fourth-order valence-electron chi connectivity index (χ4n) is 2.73. The van der Waals surface area contributed by atoms with Crippen LogP contribution in [-0.2, 0) is 26.0 Å². The Hall–Kier alpha value is -1.72. The molecule has 0 radical (unpaired) electrons. The van der Waals surface area contributed by atoms with Gasteiger partial charge < -0.3 is 10.8 Å². The summed E-state index contributed by atoms with van der Waals surface area (Å²) in [5, 5.41) is 14.3. The van der Waals surface area contributed by atoms with Gasteiger partial charge in [0.2, 0.25) is 0 Å². The number of rotatable bonds is 4. The van der Waals surface area contributed by atoms with E-state index < -0.39 is 0 Å². The average Bonchev–Trinajstić information content (AvgIpc) is 2.82. The lowest BCUT2D eigenvalue weighted by Gasteiger charge is -2.14. The molecule has 2 heterocycles. The Balaban J connectivity index is 2.08.